The van der Waals surface area contributed by atoms with Gasteiger partial charge in [-0.3, -0.25) is 0 Å². The molecule has 0 saturated heterocycles. The van der Waals surface area contributed by atoms with E-state index < -0.39 is 15.0 Å². The molecule has 0 heterocycles. The lowest BCUT2D eigenvalue weighted by molar-refractivity contribution is 0.0601. The van der Waals surface area contributed by atoms with Crippen molar-refractivity contribution in [2.24, 2.45) is 0 Å². The van der Waals surface area contributed by atoms with Crippen molar-refractivity contribution in [2.75, 3.05) is 7.11 Å². The van der Waals surface area contributed by atoms with Gasteiger partial charge >= 0.3 is 5.97 Å². The standard InChI is InChI=1S/C9H8Cl2O4S/c1-15-9(12)7-4-6(2-3-8(7)10)5-16(11,13)14/h2-4H,5H2,1H3. The fourth-order valence-electron chi connectivity index (χ4n) is 1.13. The number of carbonyl (C=O) groups excluding carboxylic acids is 1. The van der Waals surface area contributed by atoms with Gasteiger partial charge in [-0.15, -0.1) is 0 Å². The maximum absolute atomic E-state index is 11.3. The molecule has 0 radical (unpaired) electrons. The van der Waals surface area contributed by atoms with Crippen LogP contribution in [0.5, 0.6) is 0 Å². The summed E-state index contributed by atoms with van der Waals surface area (Å²) in [4.78, 5) is 11.3. The van der Waals surface area contributed by atoms with Crippen LogP contribution in [0.4, 0.5) is 0 Å². The largest absolute Gasteiger partial charge is 0.465 e. The Morgan fingerprint density at radius 2 is 2.06 bits per heavy atom. The van der Waals surface area contributed by atoms with Crippen molar-refractivity contribution in [1.29, 1.82) is 0 Å². The van der Waals surface area contributed by atoms with Crippen LogP contribution in [0.2, 0.25) is 5.02 Å². The predicted molar refractivity (Wildman–Crippen MR) is 61.3 cm³/mol. The van der Waals surface area contributed by atoms with E-state index in [-0.39, 0.29) is 16.3 Å². The molecule has 0 aliphatic heterocycles. The average Bonchev–Trinajstić information content (AvgIpc) is 2.18. The Balaban J connectivity index is 3.12. The highest BCUT2D eigenvalue weighted by atomic mass is 35.7. The zero-order valence-electron chi connectivity index (χ0n) is 8.24. The minimum Gasteiger partial charge on any atom is -0.465 e. The number of rotatable bonds is 3. The number of halogens is 2. The second-order valence-electron chi connectivity index (χ2n) is 2.99. The molecule has 0 amide bonds. The highest BCUT2D eigenvalue weighted by molar-refractivity contribution is 8.13. The molecular formula is C9H8Cl2O4S. The summed E-state index contributed by atoms with van der Waals surface area (Å²) < 4.78 is 26.2. The average molecular weight is 283 g/mol. The predicted octanol–water partition coefficient (Wildman–Crippen LogP) is 2.20. The number of hydrogen-bond acceptors (Lipinski definition) is 4. The van der Waals surface area contributed by atoms with Gasteiger partial charge in [0.15, 0.2) is 0 Å². The maximum atomic E-state index is 11.3. The molecule has 1 rings (SSSR count). The van der Waals surface area contributed by atoms with Crippen molar-refractivity contribution < 1.29 is 17.9 Å². The van der Waals surface area contributed by atoms with Crippen LogP contribution in [0.15, 0.2) is 18.2 Å². The second-order valence-corrected chi connectivity index (χ2v) is 6.17. The van der Waals surface area contributed by atoms with Crippen molar-refractivity contribution in [3.63, 3.8) is 0 Å². The van der Waals surface area contributed by atoms with Crippen LogP contribution in [-0.4, -0.2) is 21.5 Å². The molecule has 0 spiro atoms. The van der Waals surface area contributed by atoms with Crippen LogP contribution >= 0.6 is 22.3 Å². The lowest BCUT2D eigenvalue weighted by atomic mass is 10.1. The van der Waals surface area contributed by atoms with Crippen molar-refractivity contribution >= 4 is 37.3 Å². The van der Waals surface area contributed by atoms with Gasteiger partial charge in [0.2, 0.25) is 9.05 Å². The molecule has 16 heavy (non-hydrogen) atoms. The summed E-state index contributed by atoms with van der Waals surface area (Å²) in [7, 11) is 2.65. The first-order valence-corrected chi connectivity index (χ1v) is 6.98. The number of methoxy groups -OCH3 is 1. The molecule has 1 aromatic rings. The Hall–Kier alpha value is -0.780. The van der Waals surface area contributed by atoms with Gasteiger partial charge in [-0.25, -0.2) is 13.2 Å². The molecule has 0 aliphatic carbocycles. The Morgan fingerprint density at radius 1 is 1.44 bits per heavy atom. The third kappa shape index (κ3) is 3.66. The molecule has 0 atom stereocenters. The summed E-state index contributed by atoms with van der Waals surface area (Å²) in [5, 5.41) is 0.197. The van der Waals surface area contributed by atoms with E-state index in [2.05, 4.69) is 4.74 Å². The van der Waals surface area contributed by atoms with Gasteiger partial charge in [0.1, 0.15) is 0 Å². The molecule has 0 aliphatic rings. The quantitative estimate of drug-likeness (QED) is 0.630. The van der Waals surface area contributed by atoms with E-state index in [4.69, 9.17) is 22.3 Å². The van der Waals surface area contributed by atoms with Gasteiger partial charge in [0.05, 0.1) is 23.4 Å². The fraction of sp³-hybridized carbons (Fsp3) is 0.222. The smallest absolute Gasteiger partial charge is 0.339 e. The Kier molecular flexibility index (Phi) is 4.18. The third-order valence-electron chi connectivity index (χ3n) is 1.78. The van der Waals surface area contributed by atoms with Crippen molar-refractivity contribution in [2.45, 2.75) is 5.75 Å². The Morgan fingerprint density at radius 3 is 2.56 bits per heavy atom. The molecule has 0 unspecified atom stereocenters. The van der Waals surface area contributed by atoms with Crippen molar-refractivity contribution in [3.05, 3.63) is 34.3 Å². The minimum absolute atomic E-state index is 0.113. The first kappa shape index (κ1) is 13.3. The van der Waals surface area contributed by atoms with Crippen molar-refractivity contribution in [3.8, 4) is 0 Å². The lowest BCUT2D eigenvalue weighted by Gasteiger charge is -2.04. The topological polar surface area (TPSA) is 60.4 Å². The van der Waals surface area contributed by atoms with Crippen LogP contribution in [0.3, 0.4) is 0 Å². The Bertz CT molecular complexity index is 510. The second kappa shape index (κ2) is 5.03. The summed E-state index contributed by atoms with van der Waals surface area (Å²) in [6, 6.07) is 4.24. The number of carbonyl (C=O) groups is 1. The summed E-state index contributed by atoms with van der Waals surface area (Å²) in [5.74, 6) is -0.991. The summed E-state index contributed by atoms with van der Waals surface area (Å²) in [6.45, 7) is 0. The van der Waals surface area contributed by atoms with Gasteiger partial charge in [0, 0.05) is 10.7 Å². The van der Waals surface area contributed by atoms with E-state index in [0.717, 1.165) is 0 Å². The van der Waals surface area contributed by atoms with E-state index in [9.17, 15) is 13.2 Å². The van der Waals surface area contributed by atoms with Gasteiger partial charge in [0.25, 0.3) is 0 Å². The molecule has 0 fully saturated rings. The SMILES string of the molecule is COC(=O)c1cc(CS(=O)(=O)Cl)ccc1Cl. The number of esters is 1. The first-order chi connectivity index (χ1) is 7.33. The van der Waals surface area contributed by atoms with E-state index in [1.165, 1.54) is 25.3 Å². The highest BCUT2D eigenvalue weighted by Gasteiger charge is 2.14. The van der Waals surface area contributed by atoms with Crippen molar-refractivity contribution in [1.82, 2.24) is 0 Å². The summed E-state index contributed by atoms with van der Waals surface area (Å²) in [5.41, 5.74) is 0.488. The molecule has 0 bridgehead atoms. The zero-order valence-corrected chi connectivity index (χ0v) is 10.6. The van der Waals surface area contributed by atoms with E-state index in [0.29, 0.717) is 5.56 Å². The summed E-state index contributed by atoms with van der Waals surface area (Å²) in [6.07, 6.45) is 0. The normalized spacial score (nSPS) is 11.2. The molecule has 0 N–H and O–H groups in total. The van der Waals surface area contributed by atoms with E-state index in [1.807, 2.05) is 0 Å². The Labute approximate surface area is 103 Å². The number of hydrogen-bond donors (Lipinski definition) is 0. The van der Waals surface area contributed by atoms with E-state index >= 15 is 0 Å². The van der Waals surface area contributed by atoms with Crippen LogP contribution in [0.1, 0.15) is 15.9 Å². The van der Waals surface area contributed by atoms with E-state index in [1.54, 1.807) is 0 Å². The molecule has 1 aromatic carbocycles. The molecule has 88 valence electrons. The zero-order chi connectivity index (χ0) is 12.3. The van der Waals surface area contributed by atoms with Crippen LogP contribution in [0, 0.1) is 0 Å². The molecule has 7 heteroatoms. The molecule has 0 aromatic heterocycles. The van der Waals surface area contributed by atoms with Gasteiger partial charge in [-0.05, 0) is 17.7 Å². The van der Waals surface area contributed by atoms with Crippen LogP contribution in [0.25, 0.3) is 0 Å². The molecule has 4 nitrogen and oxygen atoms in total. The first-order valence-electron chi connectivity index (χ1n) is 4.12. The fourth-order valence-corrected chi connectivity index (χ4v) is 2.28. The minimum atomic E-state index is -3.66. The highest BCUT2D eigenvalue weighted by Crippen LogP contribution is 2.20. The monoisotopic (exact) mass is 282 g/mol. The molecule has 0 saturated carbocycles. The number of benzene rings is 1. The molecular weight excluding hydrogens is 275 g/mol. The number of ether oxygens (including phenoxy) is 1. The lowest BCUT2D eigenvalue weighted by Crippen LogP contribution is -2.04. The summed E-state index contributed by atoms with van der Waals surface area (Å²) >= 11 is 5.76. The maximum Gasteiger partial charge on any atom is 0.339 e. The van der Waals surface area contributed by atoms with Crippen LogP contribution < -0.4 is 0 Å². The van der Waals surface area contributed by atoms with Gasteiger partial charge < -0.3 is 4.74 Å². The third-order valence-corrected chi connectivity index (χ3v) is 3.11. The van der Waals surface area contributed by atoms with Gasteiger partial charge in [-0.1, -0.05) is 17.7 Å². The van der Waals surface area contributed by atoms with Crippen LogP contribution in [-0.2, 0) is 19.5 Å². The van der Waals surface area contributed by atoms with Gasteiger partial charge in [-0.2, -0.15) is 0 Å².